The third-order valence-electron chi connectivity index (χ3n) is 2.17. The Balaban J connectivity index is 3.20. The molecule has 0 aliphatic heterocycles. The molecule has 0 heterocycles. The van der Waals surface area contributed by atoms with E-state index in [1.165, 1.54) is 11.3 Å². The van der Waals surface area contributed by atoms with Crippen LogP contribution in [-0.4, -0.2) is 14.1 Å². The minimum Gasteiger partial charge on any atom is -0.378 e. The summed E-state index contributed by atoms with van der Waals surface area (Å²) in [5.41, 5.74) is 3.66. The van der Waals surface area contributed by atoms with Crippen LogP contribution in [-0.2, 0) is 0 Å². The highest BCUT2D eigenvalue weighted by atomic mass is 79.9. The molecule has 0 bridgehead atoms. The van der Waals surface area contributed by atoms with E-state index in [9.17, 15) is 0 Å². The normalized spacial score (nSPS) is 12.3. The van der Waals surface area contributed by atoms with Crippen LogP contribution in [0.15, 0.2) is 24.8 Å². The lowest BCUT2D eigenvalue weighted by Crippen LogP contribution is -2.09. The number of halogens is 1. The minimum atomic E-state index is 0.376. The molecule has 0 radical (unpaired) electrons. The number of hydrogen-bond donors (Lipinski definition) is 0. The Morgan fingerprint density at radius 1 is 1.36 bits per heavy atom. The Kier molecular flexibility index (Phi) is 3.76. The van der Waals surface area contributed by atoms with Gasteiger partial charge in [0.1, 0.15) is 0 Å². The summed E-state index contributed by atoms with van der Waals surface area (Å²) in [4.78, 5) is 2.48. The number of nitrogens with zero attached hydrogens (tertiary/aromatic N) is 1. The molecule has 76 valence electrons. The van der Waals surface area contributed by atoms with Crippen molar-refractivity contribution in [3.8, 4) is 0 Å². The van der Waals surface area contributed by atoms with E-state index in [1.54, 1.807) is 0 Å². The van der Waals surface area contributed by atoms with E-state index >= 15 is 0 Å². The highest BCUT2D eigenvalue weighted by molar-refractivity contribution is 9.09. The maximum absolute atomic E-state index is 3.80. The minimum absolute atomic E-state index is 0.376. The van der Waals surface area contributed by atoms with Gasteiger partial charge in [-0.15, -0.1) is 0 Å². The molecule has 0 N–H and O–H groups in total. The number of alkyl halides is 1. The first-order valence-electron chi connectivity index (χ1n) is 4.63. The van der Waals surface area contributed by atoms with Gasteiger partial charge in [0.05, 0.1) is 0 Å². The molecule has 1 unspecified atom stereocenters. The van der Waals surface area contributed by atoms with E-state index in [-0.39, 0.29) is 0 Å². The number of rotatable bonds is 3. The lowest BCUT2D eigenvalue weighted by Gasteiger charge is -2.16. The predicted molar refractivity (Wildman–Crippen MR) is 68.2 cm³/mol. The summed E-state index contributed by atoms with van der Waals surface area (Å²) < 4.78 is 0. The Morgan fingerprint density at radius 2 is 2.00 bits per heavy atom. The van der Waals surface area contributed by atoms with Gasteiger partial charge < -0.3 is 4.90 Å². The molecular formula is C12H16BrN. The third-order valence-corrected chi connectivity index (χ3v) is 2.70. The van der Waals surface area contributed by atoms with Gasteiger partial charge in [-0.3, -0.25) is 0 Å². The van der Waals surface area contributed by atoms with Crippen LogP contribution in [0.25, 0.3) is 6.08 Å². The average Bonchev–Trinajstić information content (AvgIpc) is 2.16. The zero-order valence-electron chi connectivity index (χ0n) is 8.92. The fourth-order valence-corrected chi connectivity index (χ4v) is 1.53. The first-order chi connectivity index (χ1) is 6.54. The second-order valence-corrected chi connectivity index (χ2v) is 4.95. The van der Waals surface area contributed by atoms with Gasteiger partial charge in [-0.05, 0) is 30.2 Å². The Bertz CT molecular complexity index is 303. The zero-order valence-corrected chi connectivity index (χ0v) is 10.5. The van der Waals surface area contributed by atoms with Gasteiger partial charge in [0, 0.05) is 24.6 Å². The van der Waals surface area contributed by atoms with E-state index in [1.807, 2.05) is 20.2 Å². The summed E-state index contributed by atoms with van der Waals surface area (Å²) in [5.74, 6) is 0. The highest BCUT2D eigenvalue weighted by Gasteiger charge is 2.04. The Hall–Kier alpha value is -0.760. The molecule has 0 aromatic heterocycles. The van der Waals surface area contributed by atoms with Crippen LogP contribution in [0.2, 0.25) is 0 Å². The van der Waals surface area contributed by atoms with Gasteiger partial charge in [0.25, 0.3) is 0 Å². The molecule has 0 fully saturated rings. The quantitative estimate of drug-likeness (QED) is 0.740. The molecule has 0 amide bonds. The number of hydrogen-bond acceptors (Lipinski definition) is 1. The standard InChI is InChI=1S/C12H16BrN/c1-5-10-6-11(9(2)13)8-12(7-10)14(3)4/h5-9H,1H2,2-4H3. The van der Waals surface area contributed by atoms with Crippen LogP contribution in [0.5, 0.6) is 0 Å². The number of benzene rings is 1. The van der Waals surface area contributed by atoms with Crippen LogP contribution in [0.1, 0.15) is 22.9 Å². The maximum Gasteiger partial charge on any atom is 0.0370 e. The van der Waals surface area contributed by atoms with E-state index in [0.717, 1.165) is 5.56 Å². The van der Waals surface area contributed by atoms with Crippen molar-refractivity contribution in [3.05, 3.63) is 35.9 Å². The van der Waals surface area contributed by atoms with Crippen molar-refractivity contribution in [2.45, 2.75) is 11.8 Å². The van der Waals surface area contributed by atoms with Crippen LogP contribution >= 0.6 is 15.9 Å². The van der Waals surface area contributed by atoms with Crippen molar-refractivity contribution in [3.63, 3.8) is 0 Å². The largest absolute Gasteiger partial charge is 0.378 e. The van der Waals surface area contributed by atoms with Gasteiger partial charge in [0.2, 0.25) is 0 Å². The second-order valence-electron chi connectivity index (χ2n) is 3.57. The maximum atomic E-state index is 3.80. The smallest absolute Gasteiger partial charge is 0.0370 e. The van der Waals surface area contributed by atoms with Crippen molar-refractivity contribution >= 4 is 27.7 Å². The first kappa shape index (κ1) is 11.3. The Labute approximate surface area is 94.6 Å². The van der Waals surface area contributed by atoms with Gasteiger partial charge in [-0.25, -0.2) is 0 Å². The summed E-state index contributed by atoms with van der Waals surface area (Å²) >= 11 is 3.58. The van der Waals surface area contributed by atoms with Crippen molar-refractivity contribution in [1.29, 1.82) is 0 Å². The van der Waals surface area contributed by atoms with Crippen LogP contribution in [0.4, 0.5) is 5.69 Å². The molecule has 1 rings (SSSR count). The molecule has 14 heavy (non-hydrogen) atoms. The van der Waals surface area contributed by atoms with E-state index in [0.29, 0.717) is 4.83 Å². The van der Waals surface area contributed by atoms with E-state index in [4.69, 9.17) is 0 Å². The molecule has 1 atom stereocenters. The predicted octanol–water partition coefficient (Wildman–Crippen LogP) is 3.85. The van der Waals surface area contributed by atoms with Crippen molar-refractivity contribution < 1.29 is 0 Å². The molecule has 1 nitrogen and oxygen atoms in total. The summed E-state index contributed by atoms with van der Waals surface area (Å²) in [6.45, 7) is 5.92. The molecule has 2 heteroatoms. The molecule has 0 aliphatic rings. The van der Waals surface area contributed by atoms with Gasteiger partial charge in [-0.2, -0.15) is 0 Å². The van der Waals surface area contributed by atoms with Crippen molar-refractivity contribution in [1.82, 2.24) is 0 Å². The van der Waals surface area contributed by atoms with Gasteiger partial charge in [0.15, 0.2) is 0 Å². The molecule has 1 aromatic rings. The molecule has 0 spiro atoms. The lowest BCUT2D eigenvalue weighted by molar-refractivity contribution is 1.09. The zero-order chi connectivity index (χ0) is 10.7. The molecule has 1 aromatic carbocycles. The van der Waals surface area contributed by atoms with Crippen LogP contribution in [0, 0.1) is 0 Å². The second kappa shape index (κ2) is 4.65. The van der Waals surface area contributed by atoms with Crippen molar-refractivity contribution in [2.75, 3.05) is 19.0 Å². The highest BCUT2D eigenvalue weighted by Crippen LogP contribution is 2.27. The van der Waals surface area contributed by atoms with Crippen LogP contribution < -0.4 is 4.90 Å². The summed E-state index contributed by atoms with van der Waals surface area (Å²) in [6, 6.07) is 6.47. The van der Waals surface area contributed by atoms with E-state index < -0.39 is 0 Å². The summed E-state index contributed by atoms with van der Waals surface area (Å²) in [6.07, 6.45) is 1.88. The summed E-state index contributed by atoms with van der Waals surface area (Å²) in [5, 5.41) is 0. The Morgan fingerprint density at radius 3 is 2.43 bits per heavy atom. The first-order valence-corrected chi connectivity index (χ1v) is 5.55. The van der Waals surface area contributed by atoms with Crippen LogP contribution in [0.3, 0.4) is 0 Å². The monoisotopic (exact) mass is 253 g/mol. The van der Waals surface area contributed by atoms with Crippen molar-refractivity contribution in [2.24, 2.45) is 0 Å². The van der Waals surface area contributed by atoms with Gasteiger partial charge in [-0.1, -0.05) is 34.7 Å². The lowest BCUT2D eigenvalue weighted by atomic mass is 10.1. The summed E-state index contributed by atoms with van der Waals surface area (Å²) in [7, 11) is 4.09. The molecule has 0 saturated carbocycles. The fraction of sp³-hybridized carbons (Fsp3) is 0.333. The topological polar surface area (TPSA) is 3.24 Å². The molecule has 0 aliphatic carbocycles. The van der Waals surface area contributed by atoms with Gasteiger partial charge >= 0.3 is 0 Å². The fourth-order valence-electron chi connectivity index (χ4n) is 1.26. The number of anilines is 1. The van der Waals surface area contributed by atoms with E-state index in [2.05, 4.69) is 52.5 Å². The average molecular weight is 254 g/mol. The third kappa shape index (κ3) is 2.61. The molecular weight excluding hydrogens is 238 g/mol. The SMILES string of the molecule is C=Cc1cc(C(C)Br)cc(N(C)C)c1. The molecule has 0 saturated heterocycles.